The molecular weight excluding hydrogens is 126 g/mol. The minimum Gasteiger partial charge on any atom is -0.470 e. The molecule has 0 unspecified atom stereocenters. The van der Waals surface area contributed by atoms with Crippen LogP contribution in [-0.2, 0) is 0 Å². The molecular formula is C8H13NO. The highest BCUT2D eigenvalue weighted by Crippen LogP contribution is 2.11. The summed E-state index contributed by atoms with van der Waals surface area (Å²) in [6.07, 6.45) is 4.62. The number of hydrogen-bond donors (Lipinski definition) is 0. The van der Waals surface area contributed by atoms with Gasteiger partial charge < -0.3 is 9.32 Å². The molecule has 56 valence electrons. The quantitative estimate of drug-likeness (QED) is 0.637. The molecule has 0 aliphatic heterocycles. The van der Waals surface area contributed by atoms with Crippen molar-refractivity contribution in [3.8, 4) is 0 Å². The molecule has 0 spiro atoms. The van der Waals surface area contributed by atoms with Gasteiger partial charge in [-0.15, -0.1) is 0 Å². The van der Waals surface area contributed by atoms with E-state index in [0.717, 1.165) is 12.2 Å². The first-order valence-corrected chi connectivity index (χ1v) is 3.58. The molecule has 2 heteroatoms. The van der Waals surface area contributed by atoms with E-state index in [1.165, 1.54) is 6.42 Å². The summed E-state index contributed by atoms with van der Waals surface area (Å²) in [5, 5.41) is 0. The Labute approximate surface area is 61.4 Å². The Hall–Kier alpha value is -0.920. The van der Waals surface area contributed by atoms with Crippen LogP contribution >= 0.6 is 0 Å². The topological polar surface area (TPSA) is 16.4 Å². The number of furan rings is 1. The molecule has 1 heterocycles. The molecule has 1 aromatic heterocycles. The minimum absolute atomic E-state index is 1.08. The Morgan fingerprint density at radius 1 is 1.60 bits per heavy atom. The fourth-order valence-electron chi connectivity index (χ4n) is 0.939. The van der Waals surface area contributed by atoms with E-state index in [1.807, 2.05) is 6.07 Å². The average Bonchev–Trinajstić information content (AvgIpc) is 2.38. The number of hydrogen-bond acceptors (Lipinski definition) is 2. The molecule has 0 atom stereocenters. The van der Waals surface area contributed by atoms with Crippen molar-refractivity contribution in [2.75, 3.05) is 18.5 Å². The molecule has 0 bridgehead atoms. The second-order valence-electron chi connectivity index (χ2n) is 2.40. The molecule has 0 aliphatic carbocycles. The van der Waals surface area contributed by atoms with Crippen molar-refractivity contribution < 1.29 is 4.42 Å². The zero-order valence-electron chi connectivity index (χ0n) is 6.50. The van der Waals surface area contributed by atoms with Crippen LogP contribution in [0.3, 0.4) is 0 Å². The summed E-state index contributed by atoms with van der Waals surface area (Å²) in [4.78, 5) is 2.17. The number of rotatable bonds is 3. The summed E-state index contributed by atoms with van der Waals surface area (Å²) >= 11 is 0. The number of nitrogens with zero attached hydrogens (tertiary/aromatic N) is 1. The molecule has 0 radical (unpaired) electrons. The zero-order chi connectivity index (χ0) is 7.40. The second-order valence-corrected chi connectivity index (χ2v) is 2.40. The van der Waals surface area contributed by atoms with Gasteiger partial charge in [-0.25, -0.2) is 0 Å². The number of anilines is 1. The monoisotopic (exact) mass is 139 g/mol. The van der Waals surface area contributed by atoms with E-state index in [4.69, 9.17) is 4.42 Å². The van der Waals surface area contributed by atoms with Gasteiger partial charge in [-0.05, 0) is 12.5 Å². The predicted molar refractivity (Wildman–Crippen MR) is 42.3 cm³/mol. The van der Waals surface area contributed by atoms with Crippen LogP contribution < -0.4 is 4.90 Å². The van der Waals surface area contributed by atoms with E-state index in [-0.39, 0.29) is 0 Å². The van der Waals surface area contributed by atoms with Crippen LogP contribution in [0.1, 0.15) is 13.3 Å². The molecule has 10 heavy (non-hydrogen) atoms. The van der Waals surface area contributed by atoms with Gasteiger partial charge >= 0.3 is 0 Å². The average molecular weight is 139 g/mol. The SMILES string of the molecule is CCCN(C)c1ccoc1. The lowest BCUT2D eigenvalue weighted by Gasteiger charge is -2.14. The van der Waals surface area contributed by atoms with Crippen LogP contribution in [0.15, 0.2) is 23.0 Å². The first kappa shape index (κ1) is 7.19. The van der Waals surface area contributed by atoms with Crippen LogP contribution in [0.5, 0.6) is 0 Å². The Kier molecular flexibility index (Phi) is 2.37. The zero-order valence-corrected chi connectivity index (χ0v) is 6.50. The molecule has 1 rings (SSSR count). The van der Waals surface area contributed by atoms with Crippen molar-refractivity contribution in [3.63, 3.8) is 0 Å². The highest BCUT2D eigenvalue weighted by molar-refractivity contribution is 5.41. The van der Waals surface area contributed by atoms with Crippen molar-refractivity contribution in [1.82, 2.24) is 0 Å². The molecule has 0 fully saturated rings. The van der Waals surface area contributed by atoms with Crippen molar-refractivity contribution in [2.24, 2.45) is 0 Å². The molecule has 0 aliphatic rings. The van der Waals surface area contributed by atoms with Crippen LogP contribution in [0.25, 0.3) is 0 Å². The van der Waals surface area contributed by atoms with Crippen molar-refractivity contribution >= 4 is 5.69 Å². The van der Waals surface area contributed by atoms with Gasteiger partial charge in [0.05, 0.1) is 12.0 Å². The van der Waals surface area contributed by atoms with Crippen LogP contribution in [0, 0.1) is 0 Å². The Balaban J connectivity index is 2.50. The van der Waals surface area contributed by atoms with Crippen LogP contribution in [0.2, 0.25) is 0 Å². The summed E-state index contributed by atoms with van der Waals surface area (Å²) in [6, 6.07) is 1.97. The molecule has 0 saturated heterocycles. The van der Waals surface area contributed by atoms with Gasteiger partial charge in [-0.2, -0.15) is 0 Å². The van der Waals surface area contributed by atoms with E-state index < -0.39 is 0 Å². The lowest BCUT2D eigenvalue weighted by Crippen LogP contribution is -2.16. The molecule has 0 saturated carbocycles. The van der Waals surface area contributed by atoms with Gasteiger partial charge in [0.25, 0.3) is 0 Å². The summed E-state index contributed by atoms with van der Waals surface area (Å²) in [7, 11) is 2.06. The predicted octanol–water partition coefficient (Wildman–Crippen LogP) is 2.13. The smallest absolute Gasteiger partial charge is 0.114 e. The molecule has 2 nitrogen and oxygen atoms in total. The van der Waals surface area contributed by atoms with Gasteiger partial charge in [-0.1, -0.05) is 6.92 Å². The van der Waals surface area contributed by atoms with E-state index in [2.05, 4.69) is 18.9 Å². The van der Waals surface area contributed by atoms with Gasteiger partial charge in [0, 0.05) is 13.6 Å². The normalized spacial score (nSPS) is 9.80. The van der Waals surface area contributed by atoms with Gasteiger partial charge in [0.1, 0.15) is 6.26 Å². The van der Waals surface area contributed by atoms with Gasteiger partial charge in [0.2, 0.25) is 0 Å². The van der Waals surface area contributed by atoms with E-state index >= 15 is 0 Å². The van der Waals surface area contributed by atoms with Crippen molar-refractivity contribution in [2.45, 2.75) is 13.3 Å². The largest absolute Gasteiger partial charge is 0.470 e. The summed E-state index contributed by atoms with van der Waals surface area (Å²) in [5.41, 5.74) is 1.15. The van der Waals surface area contributed by atoms with Crippen molar-refractivity contribution in [1.29, 1.82) is 0 Å². The highest BCUT2D eigenvalue weighted by Gasteiger charge is 1.97. The Morgan fingerprint density at radius 3 is 2.90 bits per heavy atom. The van der Waals surface area contributed by atoms with Gasteiger partial charge in [0.15, 0.2) is 0 Å². The van der Waals surface area contributed by atoms with Gasteiger partial charge in [-0.3, -0.25) is 0 Å². The van der Waals surface area contributed by atoms with E-state index in [0.29, 0.717) is 0 Å². The first-order chi connectivity index (χ1) is 4.84. The Bertz CT molecular complexity index is 169. The molecule has 1 aromatic rings. The van der Waals surface area contributed by atoms with E-state index in [1.54, 1.807) is 12.5 Å². The molecule has 0 aromatic carbocycles. The maximum Gasteiger partial charge on any atom is 0.114 e. The third-order valence-electron chi connectivity index (χ3n) is 1.51. The van der Waals surface area contributed by atoms with Crippen LogP contribution in [-0.4, -0.2) is 13.6 Å². The fourth-order valence-corrected chi connectivity index (χ4v) is 0.939. The molecule has 0 amide bonds. The second kappa shape index (κ2) is 3.30. The minimum atomic E-state index is 1.08. The first-order valence-electron chi connectivity index (χ1n) is 3.58. The maximum absolute atomic E-state index is 4.94. The summed E-state index contributed by atoms with van der Waals surface area (Å²) in [6.45, 7) is 3.25. The fraction of sp³-hybridized carbons (Fsp3) is 0.500. The molecule has 0 N–H and O–H groups in total. The lowest BCUT2D eigenvalue weighted by atomic mass is 10.4. The summed E-state index contributed by atoms with van der Waals surface area (Å²) < 4.78 is 4.94. The van der Waals surface area contributed by atoms with Crippen molar-refractivity contribution in [3.05, 3.63) is 18.6 Å². The third-order valence-corrected chi connectivity index (χ3v) is 1.51. The summed E-state index contributed by atoms with van der Waals surface area (Å²) in [5.74, 6) is 0. The van der Waals surface area contributed by atoms with E-state index in [9.17, 15) is 0 Å². The maximum atomic E-state index is 4.94. The Morgan fingerprint density at radius 2 is 2.40 bits per heavy atom. The standard InChI is InChI=1S/C8H13NO/c1-3-5-9(2)8-4-6-10-7-8/h4,6-7H,3,5H2,1-2H3. The lowest BCUT2D eigenvalue weighted by molar-refractivity contribution is 0.566. The highest BCUT2D eigenvalue weighted by atomic mass is 16.3. The van der Waals surface area contributed by atoms with Crippen LogP contribution in [0.4, 0.5) is 5.69 Å². The third kappa shape index (κ3) is 1.53.